The van der Waals surface area contributed by atoms with Crippen molar-refractivity contribution in [2.24, 2.45) is 0 Å². The van der Waals surface area contributed by atoms with Gasteiger partial charge in [-0.15, -0.1) is 11.3 Å². The Morgan fingerprint density at radius 1 is 1.59 bits per heavy atom. The molecule has 0 aliphatic rings. The molecule has 0 aliphatic carbocycles. The topological polar surface area (TPSA) is 89.8 Å². The summed E-state index contributed by atoms with van der Waals surface area (Å²) in [5.41, 5.74) is -0.249. The van der Waals surface area contributed by atoms with Crippen LogP contribution in [0.2, 0.25) is 0 Å². The molecule has 0 amide bonds. The Hall–Kier alpha value is -0.950. The van der Waals surface area contributed by atoms with Crippen LogP contribution >= 0.6 is 11.3 Å². The summed E-state index contributed by atoms with van der Waals surface area (Å²) in [6, 6.07) is 1.63. The van der Waals surface area contributed by atoms with Crippen LogP contribution in [0.15, 0.2) is 6.07 Å². The first-order valence-corrected chi connectivity index (χ1v) is 6.04. The van der Waals surface area contributed by atoms with E-state index in [0.717, 1.165) is 10.4 Å². The molecule has 1 atom stereocenters. The fraction of sp³-hybridized carbons (Fsp3) is 0.545. The highest BCUT2D eigenvalue weighted by Gasteiger charge is 2.18. The van der Waals surface area contributed by atoms with Crippen molar-refractivity contribution in [3.05, 3.63) is 21.4 Å². The minimum absolute atomic E-state index is 0.251. The van der Waals surface area contributed by atoms with Crippen LogP contribution in [0.4, 0.5) is 0 Å². The lowest BCUT2D eigenvalue weighted by atomic mass is 10.1. The number of aryl methyl sites for hydroxylation is 1. The van der Waals surface area contributed by atoms with E-state index >= 15 is 0 Å². The summed E-state index contributed by atoms with van der Waals surface area (Å²) in [7, 11) is 0. The van der Waals surface area contributed by atoms with Gasteiger partial charge in [0.15, 0.2) is 0 Å². The van der Waals surface area contributed by atoms with Gasteiger partial charge in [-0.25, -0.2) is 4.79 Å². The molecule has 17 heavy (non-hydrogen) atoms. The summed E-state index contributed by atoms with van der Waals surface area (Å²) in [5, 5.41) is 30.2. The van der Waals surface area contributed by atoms with E-state index in [0.29, 0.717) is 11.4 Å². The smallest absolute Gasteiger partial charge is 0.345 e. The Balaban J connectivity index is 2.55. The number of carbonyl (C=O) groups is 1. The van der Waals surface area contributed by atoms with Gasteiger partial charge in [0.2, 0.25) is 0 Å². The maximum Gasteiger partial charge on any atom is 0.345 e. The zero-order chi connectivity index (χ0) is 13.1. The van der Waals surface area contributed by atoms with Crippen molar-refractivity contribution in [1.82, 2.24) is 5.32 Å². The zero-order valence-corrected chi connectivity index (χ0v) is 10.7. The van der Waals surface area contributed by atoms with Gasteiger partial charge in [-0.2, -0.15) is 0 Å². The van der Waals surface area contributed by atoms with Gasteiger partial charge in [-0.05, 0) is 25.5 Å². The second-order valence-electron chi connectivity index (χ2n) is 4.26. The Labute approximate surface area is 104 Å². The maximum atomic E-state index is 10.8. The van der Waals surface area contributed by atoms with Crippen LogP contribution in [-0.4, -0.2) is 40.0 Å². The van der Waals surface area contributed by atoms with E-state index in [9.17, 15) is 9.90 Å². The molecule has 0 saturated carbocycles. The molecule has 1 heterocycles. The molecule has 0 bridgehead atoms. The molecule has 0 aliphatic heterocycles. The predicted molar refractivity (Wildman–Crippen MR) is 65.4 cm³/mol. The summed E-state index contributed by atoms with van der Waals surface area (Å²) in [5.74, 6) is -0.924. The summed E-state index contributed by atoms with van der Waals surface area (Å²) < 4.78 is 0. The van der Waals surface area contributed by atoms with Gasteiger partial charge in [0.05, 0.1) is 12.2 Å². The number of carboxylic acids is 1. The number of thiophene rings is 1. The van der Waals surface area contributed by atoms with E-state index in [4.69, 9.17) is 10.2 Å². The summed E-state index contributed by atoms with van der Waals surface area (Å²) >= 11 is 1.23. The van der Waals surface area contributed by atoms with Crippen LogP contribution in [0.3, 0.4) is 0 Å². The number of aliphatic hydroxyl groups excluding tert-OH is 1. The summed E-state index contributed by atoms with van der Waals surface area (Å²) in [6.45, 7) is 3.80. The predicted octanol–water partition coefficient (Wildman–Crippen LogP) is 0.588. The molecule has 1 aromatic rings. The minimum Gasteiger partial charge on any atom is -0.477 e. The normalized spacial score (nSPS) is 14.6. The van der Waals surface area contributed by atoms with Crippen LogP contribution in [0, 0.1) is 6.92 Å². The zero-order valence-electron chi connectivity index (χ0n) is 9.86. The fourth-order valence-corrected chi connectivity index (χ4v) is 2.20. The van der Waals surface area contributed by atoms with Crippen molar-refractivity contribution >= 4 is 17.3 Å². The maximum absolute atomic E-state index is 10.8. The Morgan fingerprint density at radius 2 is 2.24 bits per heavy atom. The quantitative estimate of drug-likeness (QED) is 0.600. The SMILES string of the molecule is Cc1sc(C(=O)O)cc1CNCC(C)(O)CO. The van der Waals surface area contributed by atoms with Gasteiger partial charge in [-0.3, -0.25) is 0 Å². The lowest BCUT2D eigenvalue weighted by Gasteiger charge is -2.20. The second-order valence-corrected chi connectivity index (χ2v) is 5.51. The van der Waals surface area contributed by atoms with E-state index in [1.807, 2.05) is 6.92 Å². The van der Waals surface area contributed by atoms with Crippen molar-refractivity contribution in [3.8, 4) is 0 Å². The molecule has 96 valence electrons. The molecule has 1 unspecified atom stereocenters. The third-order valence-electron chi connectivity index (χ3n) is 2.39. The lowest BCUT2D eigenvalue weighted by molar-refractivity contribution is 0.00253. The summed E-state index contributed by atoms with van der Waals surface area (Å²) in [4.78, 5) is 12.0. The monoisotopic (exact) mass is 259 g/mol. The van der Waals surface area contributed by atoms with Crippen LogP contribution in [0.1, 0.15) is 27.0 Å². The van der Waals surface area contributed by atoms with Crippen molar-refractivity contribution in [2.45, 2.75) is 26.0 Å². The molecule has 6 heteroatoms. The first-order valence-electron chi connectivity index (χ1n) is 5.22. The average Bonchev–Trinajstić information content (AvgIpc) is 2.60. The molecule has 0 fully saturated rings. The van der Waals surface area contributed by atoms with Crippen molar-refractivity contribution in [1.29, 1.82) is 0 Å². The molecule has 0 aromatic carbocycles. The fourth-order valence-electron chi connectivity index (χ4n) is 1.32. The standard InChI is InChI=1S/C11H17NO4S/c1-7-8(3-9(17-7)10(14)15)4-12-5-11(2,16)6-13/h3,12-13,16H,4-6H2,1-2H3,(H,14,15). The van der Waals surface area contributed by atoms with E-state index < -0.39 is 11.6 Å². The van der Waals surface area contributed by atoms with Crippen LogP contribution in [0.25, 0.3) is 0 Å². The number of aliphatic hydroxyl groups is 2. The molecular formula is C11H17NO4S. The number of hydrogen-bond donors (Lipinski definition) is 4. The van der Waals surface area contributed by atoms with Crippen molar-refractivity contribution in [2.75, 3.05) is 13.2 Å². The van der Waals surface area contributed by atoms with E-state index in [-0.39, 0.29) is 13.2 Å². The van der Waals surface area contributed by atoms with Gasteiger partial charge in [-0.1, -0.05) is 0 Å². The first kappa shape index (κ1) is 14.1. The van der Waals surface area contributed by atoms with Gasteiger partial charge in [0.25, 0.3) is 0 Å². The first-order chi connectivity index (χ1) is 7.85. The van der Waals surface area contributed by atoms with Gasteiger partial charge in [0.1, 0.15) is 4.88 Å². The number of hydrogen-bond acceptors (Lipinski definition) is 5. The van der Waals surface area contributed by atoms with Crippen molar-refractivity contribution in [3.63, 3.8) is 0 Å². The number of carboxylic acid groups (broad SMARTS) is 1. The number of nitrogens with one attached hydrogen (secondary N) is 1. The van der Waals surface area contributed by atoms with Gasteiger partial charge in [0, 0.05) is 18.0 Å². The second kappa shape index (κ2) is 5.59. The molecular weight excluding hydrogens is 242 g/mol. The highest BCUT2D eigenvalue weighted by Crippen LogP contribution is 2.21. The van der Waals surface area contributed by atoms with E-state index in [1.54, 1.807) is 6.07 Å². The molecule has 0 spiro atoms. The van der Waals surface area contributed by atoms with E-state index in [2.05, 4.69) is 5.32 Å². The van der Waals surface area contributed by atoms with E-state index in [1.165, 1.54) is 18.3 Å². The van der Waals surface area contributed by atoms with Crippen LogP contribution in [-0.2, 0) is 6.54 Å². The largest absolute Gasteiger partial charge is 0.477 e. The van der Waals surface area contributed by atoms with Crippen molar-refractivity contribution < 1.29 is 20.1 Å². The molecule has 0 radical (unpaired) electrons. The molecule has 4 N–H and O–H groups in total. The highest BCUT2D eigenvalue weighted by atomic mass is 32.1. The highest BCUT2D eigenvalue weighted by molar-refractivity contribution is 7.14. The number of rotatable bonds is 6. The molecule has 0 saturated heterocycles. The van der Waals surface area contributed by atoms with Gasteiger partial charge < -0.3 is 20.6 Å². The van der Waals surface area contributed by atoms with Crippen LogP contribution in [0.5, 0.6) is 0 Å². The molecule has 1 rings (SSSR count). The molecule has 5 nitrogen and oxygen atoms in total. The average molecular weight is 259 g/mol. The lowest BCUT2D eigenvalue weighted by Crippen LogP contribution is -2.40. The minimum atomic E-state index is -1.15. The number of aromatic carboxylic acids is 1. The Morgan fingerprint density at radius 3 is 2.71 bits per heavy atom. The molecule has 1 aromatic heterocycles. The third kappa shape index (κ3) is 4.08. The summed E-state index contributed by atoms with van der Waals surface area (Å²) in [6.07, 6.45) is 0. The Kier molecular flexibility index (Phi) is 4.64. The van der Waals surface area contributed by atoms with Gasteiger partial charge >= 0.3 is 5.97 Å². The third-order valence-corrected chi connectivity index (χ3v) is 3.47. The van der Waals surface area contributed by atoms with Crippen LogP contribution < -0.4 is 5.32 Å². The Bertz CT molecular complexity index is 400.